The molecule has 0 radical (unpaired) electrons. The van der Waals surface area contributed by atoms with Gasteiger partial charge >= 0.3 is 0 Å². The minimum Gasteiger partial charge on any atom is -0.135 e. The van der Waals surface area contributed by atoms with Crippen LogP contribution in [0.25, 0.3) is 106 Å². The third-order valence-electron chi connectivity index (χ3n) is 12.0. The predicted octanol–water partition coefficient (Wildman–Crippen LogP) is 15.5. The van der Waals surface area contributed by atoms with Gasteiger partial charge in [0.25, 0.3) is 0 Å². The standard InChI is InChI=1S/C51H32S2/c1-51(2)42-24-21-29-25-41-33-12-8-10-18-45(33)53-47(41)28-40(29)50(42)39-23-20-30(26-43(39)51)48-35-13-3-5-15-37(35)49(38-16-6-4-14-36(38)48)31-19-22-34-32-11-7-9-17-44(32)52-46(34)27-31/h3-28H,1-2H3. The molecule has 0 saturated heterocycles. The van der Waals surface area contributed by atoms with E-state index in [9.17, 15) is 0 Å². The van der Waals surface area contributed by atoms with Crippen molar-refractivity contribution >= 4 is 95.3 Å². The Morgan fingerprint density at radius 2 is 0.849 bits per heavy atom. The maximum Gasteiger partial charge on any atom is 0.0362 e. The molecular weight excluding hydrogens is 677 g/mol. The monoisotopic (exact) mass is 708 g/mol. The van der Waals surface area contributed by atoms with Gasteiger partial charge in [0, 0.05) is 45.8 Å². The fourth-order valence-electron chi connectivity index (χ4n) is 9.57. The fourth-order valence-corrected chi connectivity index (χ4v) is 11.8. The first-order chi connectivity index (χ1) is 26.0. The van der Waals surface area contributed by atoms with Crippen molar-refractivity contribution in [1.82, 2.24) is 0 Å². The van der Waals surface area contributed by atoms with Gasteiger partial charge in [0.15, 0.2) is 0 Å². The highest BCUT2D eigenvalue weighted by Gasteiger charge is 2.37. The molecule has 0 saturated carbocycles. The lowest BCUT2D eigenvalue weighted by Gasteiger charge is -2.23. The van der Waals surface area contributed by atoms with Crippen LogP contribution in [-0.2, 0) is 5.41 Å². The molecule has 0 spiro atoms. The van der Waals surface area contributed by atoms with Crippen LogP contribution in [0, 0.1) is 0 Å². The number of thiophene rings is 2. The molecule has 0 atom stereocenters. The van der Waals surface area contributed by atoms with Gasteiger partial charge in [0.1, 0.15) is 0 Å². The molecule has 0 aliphatic heterocycles. The molecule has 2 aromatic heterocycles. The number of hydrogen-bond acceptors (Lipinski definition) is 2. The lowest BCUT2D eigenvalue weighted by Crippen LogP contribution is -2.15. The smallest absolute Gasteiger partial charge is 0.0362 e. The first kappa shape index (κ1) is 29.7. The van der Waals surface area contributed by atoms with Gasteiger partial charge in [-0.3, -0.25) is 0 Å². The fraction of sp³-hybridized carbons (Fsp3) is 0.0588. The lowest BCUT2D eigenvalue weighted by atomic mass is 9.80. The van der Waals surface area contributed by atoms with Crippen molar-refractivity contribution in [2.45, 2.75) is 19.3 Å². The third-order valence-corrected chi connectivity index (χ3v) is 14.3. The Balaban J connectivity index is 1.08. The van der Waals surface area contributed by atoms with Crippen molar-refractivity contribution in [2.75, 3.05) is 0 Å². The average Bonchev–Trinajstić information content (AvgIpc) is 3.82. The Morgan fingerprint density at radius 1 is 0.340 bits per heavy atom. The number of rotatable bonds is 2. The van der Waals surface area contributed by atoms with Gasteiger partial charge in [-0.2, -0.15) is 0 Å². The molecule has 0 bridgehead atoms. The van der Waals surface area contributed by atoms with Gasteiger partial charge in [-0.25, -0.2) is 0 Å². The maximum atomic E-state index is 2.51. The third kappa shape index (κ3) is 4.05. The molecule has 1 aliphatic rings. The molecule has 248 valence electrons. The molecule has 11 aromatic rings. The highest BCUT2D eigenvalue weighted by Crippen LogP contribution is 2.54. The van der Waals surface area contributed by atoms with E-state index in [1.165, 1.54) is 117 Å². The molecule has 1 aliphatic carbocycles. The molecule has 0 N–H and O–H groups in total. The lowest BCUT2D eigenvalue weighted by molar-refractivity contribution is 0.661. The molecule has 0 unspecified atom stereocenters. The van der Waals surface area contributed by atoms with Gasteiger partial charge in [-0.05, 0) is 113 Å². The van der Waals surface area contributed by atoms with Crippen LogP contribution in [0.5, 0.6) is 0 Å². The zero-order valence-corrected chi connectivity index (χ0v) is 31.0. The first-order valence-electron chi connectivity index (χ1n) is 18.4. The van der Waals surface area contributed by atoms with E-state index >= 15 is 0 Å². The second kappa shape index (κ2) is 10.6. The average molecular weight is 709 g/mol. The summed E-state index contributed by atoms with van der Waals surface area (Å²) in [4.78, 5) is 0. The molecule has 9 aromatic carbocycles. The zero-order chi connectivity index (χ0) is 35.0. The minimum atomic E-state index is -0.130. The van der Waals surface area contributed by atoms with Gasteiger partial charge in [0.05, 0.1) is 0 Å². The SMILES string of the molecule is CC1(C)c2cc(-c3c4ccccc4c(-c4ccc5c(c4)sc4ccccc45)c4ccccc34)ccc2-c2c1ccc1cc3c(cc21)sc1ccccc13. The summed E-state index contributed by atoms with van der Waals surface area (Å²) in [5.74, 6) is 0. The van der Waals surface area contributed by atoms with Crippen molar-refractivity contribution in [3.05, 3.63) is 169 Å². The minimum absolute atomic E-state index is 0.130. The first-order valence-corrected chi connectivity index (χ1v) is 20.1. The van der Waals surface area contributed by atoms with Gasteiger partial charge < -0.3 is 0 Å². The van der Waals surface area contributed by atoms with E-state index in [1.54, 1.807) is 0 Å². The molecule has 0 amide bonds. The summed E-state index contributed by atoms with van der Waals surface area (Å²) in [5, 5.41) is 13.2. The van der Waals surface area contributed by atoms with E-state index in [2.05, 4.69) is 172 Å². The van der Waals surface area contributed by atoms with Gasteiger partial charge in [0.2, 0.25) is 0 Å². The van der Waals surface area contributed by atoms with Crippen LogP contribution in [0.4, 0.5) is 0 Å². The number of hydrogen-bond donors (Lipinski definition) is 0. The highest BCUT2D eigenvalue weighted by molar-refractivity contribution is 7.26. The molecular formula is C51H32S2. The molecule has 12 rings (SSSR count). The number of benzene rings is 9. The van der Waals surface area contributed by atoms with Crippen LogP contribution >= 0.6 is 22.7 Å². The summed E-state index contributed by atoms with van der Waals surface area (Å²) in [7, 11) is 0. The van der Waals surface area contributed by atoms with Crippen molar-refractivity contribution < 1.29 is 0 Å². The van der Waals surface area contributed by atoms with Crippen LogP contribution < -0.4 is 0 Å². The van der Waals surface area contributed by atoms with Crippen LogP contribution in [0.15, 0.2) is 158 Å². The van der Waals surface area contributed by atoms with E-state index in [0.29, 0.717) is 0 Å². The summed E-state index contributed by atoms with van der Waals surface area (Å²) in [6.07, 6.45) is 0. The highest BCUT2D eigenvalue weighted by atomic mass is 32.1. The quantitative estimate of drug-likeness (QED) is 0.157. The van der Waals surface area contributed by atoms with Crippen LogP contribution in [0.1, 0.15) is 25.0 Å². The summed E-state index contributed by atoms with van der Waals surface area (Å²) in [6.45, 7) is 4.82. The summed E-state index contributed by atoms with van der Waals surface area (Å²) >= 11 is 3.80. The van der Waals surface area contributed by atoms with E-state index < -0.39 is 0 Å². The summed E-state index contributed by atoms with van der Waals surface area (Å²) < 4.78 is 5.39. The Bertz CT molecular complexity index is 3310. The second-order valence-corrected chi connectivity index (χ2v) is 17.4. The van der Waals surface area contributed by atoms with Gasteiger partial charge in [-0.15, -0.1) is 22.7 Å². The van der Waals surface area contributed by atoms with Crippen molar-refractivity contribution in [2.24, 2.45) is 0 Å². The second-order valence-electron chi connectivity index (χ2n) is 15.2. The maximum absolute atomic E-state index is 2.51. The van der Waals surface area contributed by atoms with E-state index in [0.717, 1.165) is 0 Å². The molecule has 2 heteroatoms. The molecule has 53 heavy (non-hydrogen) atoms. The molecule has 2 heterocycles. The van der Waals surface area contributed by atoms with Crippen LogP contribution in [0.2, 0.25) is 0 Å². The van der Waals surface area contributed by atoms with Crippen molar-refractivity contribution in [1.29, 1.82) is 0 Å². The molecule has 0 fully saturated rings. The van der Waals surface area contributed by atoms with Crippen molar-refractivity contribution in [3.8, 4) is 33.4 Å². The zero-order valence-electron chi connectivity index (χ0n) is 29.3. The van der Waals surface area contributed by atoms with E-state index in [4.69, 9.17) is 0 Å². The van der Waals surface area contributed by atoms with Crippen LogP contribution in [0.3, 0.4) is 0 Å². The predicted molar refractivity (Wildman–Crippen MR) is 233 cm³/mol. The summed E-state index contributed by atoms with van der Waals surface area (Å²) in [6, 6.07) is 59.7. The van der Waals surface area contributed by atoms with Crippen molar-refractivity contribution in [3.63, 3.8) is 0 Å². The largest absolute Gasteiger partial charge is 0.135 e. The Hall–Kier alpha value is -5.80. The van der Waals surface area contributed by atoms with Crippen LogP contribution in [-0.4, -0.2) is 0 Å². The Kier molecular flexibility index (Phi) is 5.97. The van der Waals surface area contributed by atoms with E-state index in [1.807, 2.05) is 22.7 Å². The number of fused-ring (bicyclic) bond motifs is 13. The van der Waals surface area contributed by atoms with E-state index in [-0.39, 0.29) is 5.41 Å². The Morgan fingerprint density at radius 3 is 1.49 bits per heavy atom. The van der Waals surface area contributed by atoms with Gasteiger partial charge in [-0.1, -0.05) is 135 Å². The Labute approximate surface area is 315 Å². The molecule has 0 nitrogen and oxygen atoms in total. The topological polar surface area (TPSA) is 0 Å². The normalized spacial score (nSPS) is 13.6. The summed E-state index contributed by atoms with van der Waals surface area (Å²) in [5.41, 5.74) is 10.6.